The van der Waals surface area contributed by atoms with Gasteiger partial charge in [0.05, 0.1) is 24.7 Å². The highest BCUT2D eigenvalue weighted by atomic mass is 35.5. The Labute approximate surface area is 197 Å². The fourth-order valence-electron chi connectivity index (χ4n) is 4.09. The Kier molecular flexibility index (Phi) is 7.29. The van der Waals surface area contributed by atoms with Crippen LogP contribution >= 0.6 is 22.9 Å². The second-order valence-corrected chi connectivity index (χ2v) is 9.06. The van der Waals surface area contributed by atoms with Crippen LogP contribution in [0, 0.1) is 0 Å². The van der Waals surface area contributed by atoms with Gasteiger partial charge in [0.1, 0.15) is 5.75 Å². The topological polar surface area (TPSA) is 101 Å². The molecule has 0 saturated carbocycles. The number of rotatable bonds is 9. The lowest BCUT2D eigenvalue weighted by molar-refractivity contribution is 0.415. The van der Waals surface area contributed by atoms with E-state index in [0.717, 1.165) is 31.5 Å². The molecule has 2 atom stereocenters. The summed E-state index contributed by atoms with van der Waals surface area (Å²) >= 11 is 8.16. The molecule has 1 fully saturated rings. The first kappa shape index (κ1) is 22.6. The monoisotopic (exact) mass is 473 g/mol. The van der Waals surface area contributed by atoms with Crippen LogP contribution in [0.3, 0.4) is 0 Å². The molecule has 0 amide bonds. The molecule has 0 aliphatic carbocycles. The summed E-state index contributed by atoms with van der Waals surface area (Å²) in [4.78, 5) is 16.8. The summed E-state index contributed by atoms with van der Waals surface area (Å²) < 4.78 is 5.34. The van der Waals surface area contributed by atoms with Crippen molar-refractivity contribution in [3.05, 3.63) is 45.6 Å². The van der Waals surface area contributed by atoms with Crippen molar-refractivity contribution in [1.29, 1.82) is 0 Å². The van der Waals surface area contributed by atoms with Gasteiger partial charge in [-0.05, 0) is 55.5 Å². The van der Waals surface area contributed by atoms with Crippen molar-refractivity contribution in [2.45, 2.75) is 44.8 Å². The fourth-order valence-corrected chi connectivity index (χ4v) is 4.99. The lowest BCUT2D eigenvalue weighted by Gasteiger charge is -2.35. The Hall–Kier alpha value is -2.62. The lowest BCUT2D eigenvalue weighted by Crippen LogP contribution is -2.46. The molecule has 10 heteroatoms. The molecule has 8 nitrogen and oxygen atoms in total. The minimum atomic E-state index is 0.119. The van der Waals surface area contributed by atoms with Crippen LogP contribution in [-0.2, 0) is 6.54 Å². The minimum Gasteiger partial charge on any atom is -0.495 e. The molecule has 170 valence electrons. The smallest absolute Gasteiger partial charge is 0.236 e. The van der Waals surface area contributed by atoms with E-state index in [2.05, 4.69) is 38.5 Å². The van der Waals surface area contributed by atoms with Gasteiger partial charge in [0.25, 0.3) is 0 Å². The second-order valence-electron chi connectivity index (χ2n) is 7.62. The fraction of sp³-hybridized carbons (Fsp3) is 0.409. The normalized spacial score (nSPS) is 16.7. The number of nitrogens with one attached hydrogen (secondary N) is 2. The van der Waals surface area contributed by atoms with Gasteiger partial charge in [-0.1, -0.05) is 24.6 Å². The first-order valence-electron chi connectivity index (χ1n) is 10.7. The number of ether oxygens (including phenoxy) is 1. The number of nitrogen functional groups attached to an aromatic ring is 1. The summed E-state index contributed by atoms with van der Waals surface area (Å²) in [6.07, 6.45) is 3.12. The van der Waals surface area contributed by atoms with Crippen LogP contribution in [0.1, 0.15) is 31.1 Å². The van der Waals surface area contributed by atoms with E-state index in [9.17, 15) is 0 Å². The summed E-state index contributed by atoms with van der Waals surface area (Å²) in [5.74, 6) is 1.73. The van der Waals surface area contributed by atoms with Crippen LogP contribution in [0.15, 0.2) is 35.7 Å². The average Bonchev–Trinajstić information content (AvgIpc) is 3.50. The van der Waals surface area contributed by atoms with Crippen molar-refractivity contribution in [2.75, 3.05) is 29.6 Å². The molecule has 32 heavy (non-hydrogen) atoms. The van der Waals surface area contributed by atoms with Crippen molar-refractivity contribution in [3.63, 3.8) is 0 Å². The number of nitrogens with zero attached hydrogens (tertiary/aromatic N) is 4. The van der Waals surface area contributed by atoms with E-state index in [1.54, 1.807) is 18.4 Å². The first-order valence-corrected chi connectivity index (χ1v) is 12.0. The number of methoxy groups -OCH3 is 1. The highest BCUT2D eigenvalue weighted by Gasteiger charge is 2.32. The maximum Gasteiger partial charge on any atom is 0.236 e. The summed E-state index contributed by atoms with van der Waals surface area (Å²) in [5.41, 5.74) is 6.99. The Morgan fingerprint density at radius 2 is 2.22 bits per heavy atom. The van der Waals surface area contributed by atoms with Crippen LogP contribution < -0.4 is 26.0 Å². The summed E-state index contributed by atoms with van der Waals surface area (Å²) in [5, 5.41) is 9.46. The van der Waals surface area contributed by atoms with Gasteiger partial charge in [0.2, 0.25) is 17.8 Å². The lowest BCUT2D eigenvalue weighted by atomic mass is 10.0. The maximum atomic E-state index is 6.48. The number of hydrogen-bond acceptors (Lipinski definition) is 9. The summed E-state index contributed by atoms with van der Waals surface area (Å²) in [6, 6.07) is 10.2. The third-order valence-corrected chi connectivity index (χ3v) is 6.76. The van der Waals surface area contributed by atoms with E-state index in [4.69, 9.17) is 27.1 Å². The van der Waals surface area contributed by atoms with Crippen LogP contribution in [0.5, 0.6) is 5.75 Å². The zero-order chi connectivity index (χ0) is 22.5. The van der Waals surface area contributed by atoms with Gasteiger partial charge in [-0.15, -0.1) is 11.3 Å². The predicted octanol–water partition coefficient (Wildman–Crippen LogP) is 4.46. The van der Waals surface area contributed by atoms with E-state index < -0.39 is 0 Å². The number of benzene rings is 1. The highest BCUT2D eigenvalue weighted by molar-refractivity contribution is 7.09. The van der Waals surface area contributed by atoms with Gasteiger partial charge >= 0.3 is 0 Å². The molecule has 3 heterocycles. The Bertz CT molecular complexity index is 1030. The number of aromatic nitrogens is 3. The maximum absolute atomic E-state index is 6.48. The van der Waals surface area contributed by atoms with Gasteiger partial charge in [-0.2, -0.15) is 15.0 Å². The molecule has 4 N–H and O–H groups in total. The molecule has 3 aromatic rings. The Balaban J connectivity index is 1.72. The van der Waals surface area contributed by atoms with Gasteiger partial charge in [-0.25, -0.2) is 0 Å². The minimum absolute atomic E-state index is 0.119. The van der Waals surface area contributed by atoms with E-state index >= 15 is 0 Å². The Morgan fingerprint density at radius 3 is 2.88 bits per heavy atom. The summed E-state index contributed by atoms with van der Waals surface area (Å²) in [6.45, 7) is 3.80. The largest absolute Gasteiger partial charge is 0.495 e. The first-order chi connectivity index (χ1) is 15.6. The third kappa shape index (κ3) is 5.06. The van der Waals surface area contributed by atoms with Crippen molar-refractivity contribution < 1.29 is 4.74 Å². The molecule has 4 rings (SSSR count). The molecule has 2 aromatic heterocycles. The van der Waals surface area contributed by atoms with E-state index in [0.29, 0.717) is 35.3 Å². The van der Waals surface area contributed by atoms with Crippen molar-refractivity contribution >= 4 is 46.5 Å². The van der Waals surface area contributed by atoms with Gasteiger partial charge < -0.3 is 26.0 Å². The molecule has 1 aliphatic heterocycles. The SMILES string of the molecule is CCC(C1CCCN1)N(c1ccc(OC)c(Cl)c1)c1nc(N)nc(NCc2cccs2)n1. The van der Waals surface area contributed by atoms with Crippen molar-refractivity contribution in [2.24, 2.45) is 0 Å². The van der Waals surface area contributed by atoms with Gasteiger partial charge in [-0.3, -0.25) is 0 Å². The zero-order valence-corrected chi connectivity index (χ0v) is 19.8. The van der Waals surface area contributed by atoms with Gasteiger partial charge in [0, 0.05) is 16.6 Å². The predicted molar refractivity (Wildman–Crippen MR) is 131 cm³/mol. The third-order valence-electron chi connectivity index (χ3n) is 5.58. The average molecular weight is 474 g/mol. The highest BCUT2D eigenvalue weighted by Crippen LogP contribution is 2.35. The number of nitrogens with two attached hydrogens (primary N) is 1. The van der Waals surface area contributed by atoms with E-state index in [1.165, 1.54) is 4.88 Å². The molecule has 1 aromatic carbocycles. The standard InChI is InChI=1S/C22H28ClN7OS/c1-3-18(17-7-4-10-25-17)30(14-8-9-19(31-2)16(23)12-14)22-28-20(24)27-21(29-22)26-13-15-6-5-11-32-15/h5-6,8-9,11-12,17-18,25H,3-4,7,10,13H2,1-2H3,(H3,24,26,27,28,29). The van der Waals surface area contributed by atoms with Crippen LogP contribution in [0.4, 0.5) is 23.5 Å². The van der Waals surface area contributed by atoms with E-state index in [1.807, 2.05) is 29.6 Å². The van der Waals surface area contributed by atoms with Gasteiger partial charge in [0.15, 0.2) is 0 Å². The molecule has 1 aliphatic rings. The Morgan fingerprint density at radius 1 is 1.34 bits per heavy atom. The number of hydrogen-bond donors (Lipinski definition) is 3. The van der Waals surface area contributed by atoms with E-state index in [-0.39, 0.29) is 12.0 Å². The molecule has 0 bridgehead atoms. The molecule has 0 spiro atoms. The number of halogens is 1. The van der Waals surface area contributed by atoms with Crippen LogP contribution in [0.2, 0.25) is 5.02 Å². The zero-order valence-electron chi connectivity index (χ0n) is 18.2. The molecule has 1 saturated heterocycles. The molecule has 0 radical (unpaired) electrons. The molecular formula is C22H28ClN7OS. The summed E-state index contributed by atoms with van der Waals surface area (Å²) in [7, 11) is 1.61. The quantitative estimate of drug-likeness (QED) is 0.418. The number of anilines is 4. The molecular weight excluding hydrogens is 446 g/mol. The van der Waals surface area contributed by atoms with Crippen molar-refractivity contribution in [1.82, 2.24) is 20.3 Å². The molecule has 2 unspecified atom stereocenters. The second kappa shape index (κ2) is 10.3. The number of thiophene rings is 1. The van der Waals surface area contributed by atoms with Crippen molar-refractivity contribution in [3.8, 4) is 5.75 Å². The van der Waals surface area contributed by atoms with Crippen LogP contribution in [0.25, 0.3) is 0 Å². The van der Waals surface area contributed by atoms with Crippen LogP contribution in [-0.4, -0.2) is 40.7 Å².